The van der Waals surface area contributed by atoms with Crippen LogP contribution in [0.1, 0.15) is 30.0 Å². The summed E-state index contributed by atoms with van der Waals surface area (Å²) in [7, 11) is 0. The lowest BCUT2D eigenvalue weighted by atomic mass is 10.1. The molecule has 1 N–H and O–H groups in total. The summed E-state index contributed by atoms with van der Waals surface area (Å²) in [4.78, 5) is 26.6. The Morgan fingerprint density at radius 1 is 1.10 bits per heavy atom. The van der Waals surface area contributed by atoms with Gasteiger partial charge in [-0.1, -0.05) is 42.5 Å². The summed E-state index contributed by atoms with van der Waals surface area (Å²) >= 11 is 0. The Kier molecular flexibility index (Phi) is 5.60. The van der Waals surface area contributed by atoms with E-state index in [1.807, 2.05) is 59.5 Å². The molecule has 1 atom stereocenters. The molecule has 2 heterocycles. The Balaban J connectivity index is 1.42. The monoisotopic (exact) mass is 390 g/mol. The minimum Gasteiger partial charge on any atom is -0.347 e. The molecule has 0 bridgehead atoms. The fourth-order valence-corrected chi connectivity index (χ4v) is 3.51. The number of hydrogen-bond donors (Lipinski definition) is 1. The fraction of sp³-hybridized carbons (Fsp3) is 0.286. The van der Waals surface area contributed by atoms with Crippen molar-refractivity contribution in [2.75, 3.05) is 13.1 Å². The number of rotatable bonds is 7. The quantitative estimate of drug-likeness (QED) is 0.663. The molecule has 3 aromatic rings. The maximum atomic E-state index is 12.7. The minimum absolute atomic E-state index is 0.0827. The predicted molar refractivity (Wildman–Crippen MR) is 106 cm³/mol. The highest BCUT2D eigenvalue weighted by molar-refractivity contribution is 5.80. The van der Waals surface area contributed by atoms with Crippen LogP contribution in [0.5, 0.6) is 0 Å². The molecule has 29 heavy (non-hydrogen) atoms. The molecule has 1 aliphatic rings. The van der Waals surface area contributed by atoms with Gasteiger partial charge in [-0.3, -0.25) is 9.59 Å². The third kappa shape index (κ3) is 4.66. The predicted octanol–water partition coefficient (Wildman–Crippen LogP) is 1.68. The Morgan fingerprint density at radius 2 is 1.90 bits per heavy atom. The molecule has 1 unspecified atom stereocenters. The van der Waals surface area contributed by atoms with E-state index in [1.165, 1.54) is 6.33 Å². The molecule has 8 nitrogen and oxygen atoms in total. The van der Waals surface area contributed by atoms with Gasteiger partial charge in [0.1, 0.15) is 6.33 Å². The van der Waals surface area contributed by atoms with Gasteiger partial charge >= 0.3 is 0 Å². The van der Waals surface area contributed by atoms with Crippen LogP contribution in [0.15, 0.2) is 60.9 Å². The Labute approximate surface area is 168 Å². The lowest BCUT2D eigenvalue weighted by Crippen LogP contribution is -2.39. The molecule has 1 saturated heterocycles. The average molecular weight is 390 g/mol. The van der Waals surface area contributed by atoms with Gasteiger partial charge in [-0.25, -0.2) is 4.68 Å². The zero-order valence-electron chi connectivity index (χ0n) is 15.9. The van der Waals surface area contributed by atoms with Gasteiger partial charge in [0.05, 0.1) is 18.2 Å². The van der Waals surface area contributed by atoms with Crippen molar-refractivity contribution in [1.82, 2.24) is 30.4 Å². The van der Waals surface area contributed by atoms with Gasteiger partial charge in [-0.2, -0.15) is 0 Å². The molecule has 1 fully saturated rings. The molecule has 0 saturated carbocycles. The van der Waals surface area contributed by atoms with Crippen LogP contribution in [0.4, 0.5) is 0 Å². The molecular formula is C21H22N6O2. The van der Waals surface area contributed by atoms with Gasteiger partial charge in [-0.05, 0) is 40.1 Å². The Hall–Kier alpha value is -3.55. The Bertz CT molecular complexity index is 957. The van der Waals surface area contributed by atoms with Crippen molar-refractivity contribution < 1.29 is 9.59 Å². The maximum Gasteiger partial charge on any atom is 0.224 e. The summed E-state index contributed by atoms with van der Waals surface area (Å²) in [6, 6.07) is 17.1. The van der Waals surface area contributed by atoms with E-state index in [4.69, 9.17) is 0 Å². The summed E-state index contributed by atoms with van der Waals surface area (Å²) in [5.41, 5.74) is 2.71. The van der Waals surface area contributed by atoms with Crippen LogP contribution in [-0.4, -0.2) is 50.0 Å². The summed E-state index contributed by atoms with van der Waals surface area (Å²) in [5, 5.41) is 14.2. The van der Waals surface area contributed by atoms with E-state index in [1.54, 1.807) is 4.68 Å². The molecule has 0 aliphatic carbocycles. The van der Waals surface area contributed by atoms with Gasteiger partial charge in [0, 0.05) is 19.5 Å². The first-order valence-electron chi connectivity index (χ1n) is 9.63. The highest BCUT2D eigenvalue weighted by Crippen LogP contribution is 2.19. The average Bonchev–Trinajstić information content (AvgIpc) is 3.41. The first kappa shape index (κ1) is 18.8. The first-order valence-corrected chi connectivity index (χ1v) is 9.63. The van der Waals surface area contributed by atoms with E-state index in [0.717, 1.165) is 29.8 Å². The molecule has 0 radical (unpaired) electrons. The number of nitrogens with one attached hydrogen (secondary N) is 1. The largest absolute Gasteiger partial charge is 0.347 e. The minimum atomic E-state index is -0.230. The van der Waals surface area contributed by atoms with Crippen molar-refractivity contribution in [3.8, 4) is 5.69 Å². The second kappa shape index (κ2) is 8.64. The van der Waals surface area contributed by atoms with E-state index in [-0.39, 0.29) is 24.3 Å². The van der Waals surface area contributed by atoms with E-state index >= 15 is 0 Å². The van der Waals surface area contributed by atoms with E-state index < -0.39 is 0 Å². The summed E-state index contributed by atoms with van der Waals surface area (Å²) < 4.78 is 1.56. The number of benzene rings is 2. The molecule has 2 aromatic carbocycles. The van der Waals surface area contributed by atoms with Crippen molar-refractivity contribution in [3.63, 3.8) is 0 Å². The number of likely N-dealkylation sites (tertiary alicyclic amines) is 1. The molecule has 1 aliphatic heterocycles. The van der Waals surface area contributed by atoms with E-state index in [9.17, 15) is 9.59 Å². The number of aromatic nitrogens is 4. The van der Waals surface area contributed by atoms with Crippen molar-refractivity contribution in [2.45, 2.75) is 25.3 Å². The van der Waals surface area contributed by atoms with Crippen LogP contribution in [-0.2, 0) is 16.0 Å². The SMILES string of the molecule is O=C(Cc1ccc(-n2cnnn2)cc1)NC(CN1CCCC1=O)c1ccccc1. The van der Waals surface area contributed by atoms with Gasteiger partial charge in [0.2, 0.25) is 11.8 Å². The zero-order valence-corrected chi connectivity index (χ0v) is 15.9. The highest BCUT2D eigenvalue weighted by atomic mass is 16.2. The van der Waals surface area contributed by atoms with Gasteiger partial charge in [-0.15, -0.1) is 5.10 Å². The number of hydrogen-bond acceptors (Lipinski definition) is 5. The highest BCUT2D eigenvalue weighted by Gasteiger charge is 2.25. The van der Waals surface area contributed by atoms with Crippen molar-refractivity contribution in [3.05, 3.63) is 72.1 Å². The number of amides is 2. The standard InChI is InChI=1S/C21H22N6O2/c28-20(13-16-8-10-18(11-9-16)27-15-22-24-25-27)23-19(17-5-2-1-3-6-17)14-26-12-4-7-21(26)29/h1-3,5-6,8-11,15,19H,4,7,12-14H2,(H,23,28). The molecular weight excluding hydrogens is 368 g/mol. The van der Waals surface area contributed by atoms with E-state index in [2.05, 4.69) is 20.8 Å². The molecule has 8 heteroatoms. The van der Waals surface area contributed by atoms with Gasteiger partial charge in [0.15, 0.2) is 0 Å². The summed E-state index contributed by atoms with van der Waals surface area (Å²) in [5.74, 6) is 0.0686. The van der Waals surface area contributed by atoms with Crippen LogP contribution >= 0.6 is 0 Å². The van der Waals surface area contributed by atoms with Crippen LogP contribution < -0.4 is 5.32 Å². The fourth-order valence-electron chi connectivity index (χ4n) is 3.51. The van der Waals surface area contributed by atoms with Crippen LogP contribution in [0, 0.1) is 0 Å². The van der Waals surface area contributed by atoms with Crippen LogP contribution in [0.25, 0.3) is 5.69 Å². The maximum absolute atomic E-state index is 12.7. The van der Waals surface area contributed by atoms with Crippen molar-refractivity contribution in [1.29, 1.82) is 0 Å². The molecule has 1 aromatic heterocycles. The van der Waals surface area contributed by atoms with E-state index in [0.29, 0.717) is 13.0 Å². The zero-order chi connectivity index (χ0) is 20.1. The topological polar surface area (TPSA) is 93.0 Å². The van der Waals surface area contributed by atoms with Crippen LogP contribution in [0.2, 0.25) is 0 Å². The number of carbonyl (C=O) groups is 2. The lowest BCUT2D eigenvalue weighted by Gasteiger charge is -2.25. The normalized spacial score (nSPS) is 14.8. The van der Waals surface area contributed by atoms with Crippen molar-refractivity contribution in [2.24, 2.45) is 0 Å². The number of carbonyl (C=O) groups excluding carboxylic acids is 2. The number of nitrogens with zero attached hydrogens (tertiary/aromatic N) is 5. The van der Waals surface area contributed by atoms with Gasteiger partial charge in [0.25, 0.3) is 0 Å². The first-order chi connectivity index (χ1) is 14.2. The molecule has 4 rings (SSSR count). The Morgan fingerprint density at radius 3 is 2.55 bits per heavy atom. The third-order valence-corrected chi connectivity index (χ3v) is 5.03. The second-order valence-corrected chi connectivity index (χ2v) is 7.07. The summed E-state index contributed by atoms with van der Waals surface area (Å²) in [6.45, 7) is 1.24. The second-order valence-electron chi connectivity index (χ2n) is 7.07. The molecule has 0 spiro atoms. The number of tetrazole rings is 1. The molecule has 148 valence electrons. The van der Waals surface area contributed by atoms with Gasteiger partial charge < -0.3 is 10.2 Å². The summed E-state index contributed by atoms with van der Waals surface area (Å²) in [6.07, 6.45) is 3.24. The molecule has 2 amide bonds. The van der Waals surface area contributed by atoms with Crippen molar-refractivity contribution >= 4 is 11.8 Å². The third-order valence-electron chi connectivity index (χ3n) is 5.03. The van der Waals surface area contributed by atoms with Crippen LogP contribution in [0.3, 0.4) is 0 Å². The lowest BCUT2D eigenvalue weighted by molar-refractivity contribution is -0.129. The smallest absolute Gasteiger partial charge is 0.224 e.